The van der Waals surface area contributed by atoms with Crippen molar-refractivity contribution in [1.82, 2.24) is 4.90 Å². The highest BCUT2D eigenvalue weighted by atomic mass is 35.7. The fourth-order valence-electron chi connectivity index (χ4n) is 1.56. The highest BCUT2D eigenvalue weighted by Gasteiger charge is 2.22. The van der Waals surface area contributed by atoms with Gasteiger partial charge in [-0.1, -0.05) is 24.9 Å². The lowest BCUT2D eigenvalue weighted by molar-refractivity contribution is 0.0792. The van der Waals surface area contributed by atoms with E-state index in [1.165, 1.54) is 11.9 Å². The maximum atomic E-state index is 13.6. The molecule has 0 unspecified atom stereocenters. The number of amides is 1. The standard InChI is InChI=1S/C12H14Cl2FNO3S/c1-3-4-5-16(2)12(17)9-6-8(20(14,18)19)7-10(15)11(9)13/h6-7H,3-5H2,1-2H3. The Morgan fingerprint density at radius 1 is 1.40 bits per heavy atom. The molecule has 1 aromatic rings. The maximum absolute atomic E-state index is 13.6. The predicted molar refractivity (Wildman–Crippen MR) is 76.3 cm³/mol. The first-order valence-electron chi connectivity index (χ1n) is 5.87. The summed E-state index contributed by atoms with van der Waals surface area (Å²) < 4.78 is 36.1. The molecule has 0 saturated heterocycles. The average Bonchev–Trinajstić information content (AvgIpc) is 2.36. The molecule has 0 aliphatic heterocycles. The topological polar surface area (TPSA) is 54.5 Å². The second-order valence-corrected chi connectivity index (χ2v) is 7.23. The molecule has 4 nitrogen and oxygen atoms in total. The third kappa shape index (κ3) is 4.07. The smallest absolute Gasteiger partial charge is 0.261 e. The summed E-state index contributed by atoms with van der Waals surface area (Å²) in [5, 5.41) is -0.414. The summed E-state index contributed by atoms with van der Waals surface area (Å²) in [6.45, 7) is 2.43. The van der Waals surface area contributed by atoms with Crippen LogP contribution >= 0.6 is 22.3 Å². The van der Waals surface area contributed by atoms with E-state index in [9.17, 15) is 17.6 Å². The highest BCUT2D eigenvalue weighted by Crippen LogP contribution is 2.27. The molecule has 1 rings (SSSR count). The van der Waals surface area contributed by atoms with E-state index in [0.29, 0.717) is 12.6 Å². The first kappa shape index (κ1) is 17.2. The van der Waals surface area contributed by atoms with Crippen LogP contribution in [0, 0.1) is 5.82 Å². The van der Waals surface area contributed by atoms with Gasteiger partial charge in [0.2, 0.25) is 0 Å². The van der Waals surface area contributed by atoms with E-state index in [4.69, 9.17) is 22.3 Å². The van der Waals surface area contributed by atoms with Crippen LogP contribution in [-0.2, 0) is 9.05 Å². The molecular formula is C12H14Cl2FNO3S. The lowest BCUT2D eigenvalue weighted by atomic mass is 10.2. The number of carbonyl (C=O) groups excluding carboxylic acids is 1. The van der Waals surface area contributed by atoms with Crippen LogP contribution in [0.1, 0.15) is 30.1 Å². The highest BCUT2D eigenvalue weighted by molar-refractivity contribution is 8.13. The van der Waals surface area contributed by atoms with Gasteiger partial charge in [-0.05, 0) is 18.6 Å². The van der Waals surface area contributed by atoms with Gasteiger partial charge in [-0.15, -0.1) is 0 Å². The summed E-state index contributed by atoms with van der Waals surface area (Å²) in [4.78, 5) is 13.0. The zero-order valence-corrected chi connectivity index (χ0v) is 13.3. The molecule has 0 bridgehead atoms. The van der Waals surface area contributed by atoms with Gasteiger partial charge in [-0.3, -0.25) is 4.79 Å². The predicted octanol–water partition coefficient (Wildman–Crippen LogP) is 3.28. The molecule has 0 fully saturated rings. The summed E-state index contributed by atoms with van der Waals surface area (Å²) in [6, 6.07) is 1.67. The molecule has 8 heteroatoms. The van der Waals surface area contributed by atoms with Crippen LogP contribution in [-0.4, -0.2) is 32.8 Å². The Labute approximate surface area is 126 Å². The fraction of sp³-hybridized carbons (Fsp3) is 0.417. The third-order valence-electron chi connectivity index (χ3n) is 2.71. The lowest BCUT2D eigenvalue weighted by Crippen LogP contribution is -2.28. The molecule has 20 heavy (non-hydrogen) atoms. The average molecular weight is 342 g/mol. The molecule has 0 aliphatic carbocycles. The molecule has 0 N–H and O–H groups in total. The fourth-order valence-corrected chi connectivity index (χ4v) is 2.52. The van der Waals surface area contributed by atoms with Gasteiger partial charge in [0.15, 0.2) is 0 Å². The quantitative estimate of drug-likeness (QED) is 0.772. The van der Waals surface area contributed by atoms with Gasteiger partial charge in [-0.25, -0.2) is 12.8 Å². The van der Waals surface area contributed by atoms with Crippen LogP contribution < -0.4 is 0 Å². The zero-order chi connectivity index (χ0) is 15.5. The molecule has 112 valence electrons. The molecule has 0 saturated carbocycles. The van der Waals surface area contributed by atoms with Crippen LogP contribution in [0.4, 0.5) is 4.39 Å². The van der Waals surface area contributed by atoms with E-state index >= 15 is 0 Å². The van der Waals surface area contributed by atoms with Gasteiger partial charge in [0.1, 0.15) is 5.82 Å². The maximum Gasteiger partial charge on any atom is 0.261 e. The van der Waals surface area contributed by atoms with Crippen molar-refractivity contribution in [3.05, 3.63) is 28.5 Å². The van der Waals surface area contributed by atoms with Crippen LogP contribution in [0.25, 0.3) is 0 Å². The Kier molecular flexibility index (Phi) is 5.79. The van der Waals surface area contributed by atoms with Crippen molar-refractivity contribution in [1.29, 1.82) is 0 Å². The minimum Gasteiger partial charge on any atom is -0.342 e. The van der Waals surface area contributed by atoms with Crippen LogP contribution in [0.3, 0.4) is 0 Å². The number of hydrogen-bond donors (Lipinski definition) is 0. The number of rotatable bonds is 5. The van der Waals surface area contributed by atoms with E-state index < -0.39 is 30.7 Å². The zero-order valence-electron chi connectivity index (χ0n) is 11.0. The van der Waals surface area contributed by atoms with E-state index in [-0.39, 0.29) is 5.56 Å². The number of nitrogens with zero attached hydrogens (tertiary/aromatic N) is 1. The van der Waals surface area contributed by atoms with Crippen molar-refractivity contribution < 1.29 is 17.6 Å². The second kappa shape index (κ2) is 6.74. The van der Waals surface area contributed by atoms with Gasteiger partial charge in [0.25, 0.3) is 15.0 Å². The number of unbranched alkanes of at least 4 members (excludes halogenated alkanes) is 1. The Morgan fingerprint density at radius 3 is 2.50 bits per heavy atom. The summed E-state index contributed by atoms with van der Waals surface area (Å²) in [5.41, 5.74) is -0.218. The Hall–Kier alpha value is -0.850. The van der Waals surface area contributed by atoms with Crippen LogP contribution in [0.15, 0.2) is 17.0 Å². The lowest BCUT2D eigenvalue weighted by Gasteiger charge is -2.18. The molecule has 1 aromatic carbocycles. The number of benzene rings is 1. The Morgan fingerprint density at radius 2 is 2.00 bits per heavy atom. The minimum absolute atomic E-state index is 0.218. The number of hydrogen-bond acceptors (Lipinski definition) is 3. The first-order chi connectivity index (χ1) is 9.18. The van der Waals surface area contributed by atoms with Gasteiger partial charge in [0, 0.05) is 24.3 Å². The minimum atomic E-state index is -4.14. The van der Waals surface area contributed by atoms with Crippen molar-refractivity contribution in [2.24, 2.45) is 0 Å². The van der Waals surface area contributed by atoms with Gasteiger partial charge in [-0.2, -0.15) is 0 Å². The monoisotopic (exact) mass is 341 g/mol. The van der Waals surface area contributed by atoms with Crippen LogP contribution in [0.5, 0.6) is 0 Å². The van der Waals surface area contributed by atoms with Crippen molar-refractivity contribution in [3.8, 4) is 0 Å². The summed E-state index contributed by atoms with van der Waals surface area (Å²) in [6.07, 6.45) is 1.66. The van der Waals surface area contributed by atoms with Gasteiger partial charge < -0.3 is 4.90 Å². The van der Waals surface area contributed by atoms with E-state index in [0.717, 1.165) is 18.9 Å². The molecule has 0 aliphatic rings. The molecule has 0 radical (unpaired) electrons. The van der Waals surface area contributed by atoms with Gasteiger partial charge in [0.05, 0.1) is 15.5 Å². The first-order valence-corrected chi connectivity index (χ1v) is 8.56. The van der Waals surface area contributed by atoms with E-state index in [2.05, 4.69) is 0 Å². The molecule has 0 atom stereocenters. The van der Waals surface area contributed by atoms with E-state index in [1.54, 1.807) is 0 Å². The van der Waals surface area contributed by atoms with Crippen molar-refractivity contribution in [2.75, 3.05) is 13.6 Å². The van der Waals surface area contributed by atoms with Crippen molar-refractivity contribution >= 4 is 37.2 Å². The summed E-state index contributed by atoms with van der Waals surface area (Å²) in [7, 11) is 2.56. The molecule has 0 aromatic heterocycles. The molecular weight excluding hydrogens is 328 g/mol. The summed E-state index contributed by atoms with van der Waals surface area (Å²) >= 11 is 5.73. The SMILES string of the molecule is CCCCN(C)C(=O)c1cc(S(=O)(=O)Cl)cc(F)c1Cl. The normalized spacial score (nSPS) is 11.4. The Bertz CT molecular complexity index is 619. The largest absolute Gasteiger partial charge is 0.342 e. The van der Waals surface area contributed by atoms with Crippen LogP contribution in [0.2, 0.25) is 5.02 Å². The van der Waals surface area contributed by atoms with Gasteiger partial charge >= 0.3 is 0 Å². The molecule has 0 spiro atoms. The molecule has 1 amide bonds. The molecule has 0 heterocycles. The second-order valence-electron chi connectivity index (χ2n) is 4.28. The van der Waals surface area contributed by atoms with Crippen molar-refractivity contribution in [3.63, 3.8) is 0 Å². The number of halogens is 3. The number of carbonyl (C=O) groups is 1. The van der Waals surface area contributed by atoms with E-state index in [1.807, 2.05) is 6.92 Å². The van der Waals surface area contributed by atoms with Crippen molar-refractivity contribution in [2.45, 2.75) is 24.7 Å². The third-order valence-corrected chi connectivity index (χ3v) is 4.42. The summed E-state index contributed by atoms with van der Waals surface area (Å²) in [5.74, 6) is -1.55. The Balaban J connectivity index is 3.24.